The second-order valence-electron chi connectivity index (χ2n) is 4.66. The van der Waals surface area contributed by atoms with Gasteiger partial charge in [-0.15, -0.1) is 0 Å². The molecule has 92 valence electrons. The highest BCUT2D eigenvalue weighted by molar-refractivity contribution is 5.73. The molecule has 0 amide bonds. The van der Waals surface area contributed by atoms with Crippen LogP contribution in [0.25, 0.3) is 0 Å². The van der Waals surface area contributed by atoms with E-state index in [0.717, 1.165) is 30.4 Å². The molecule has 2 atom stereocenters. The van der Waals surface area contributed by atoms with Gasteiger partial charge in [-0.05, 0) is 30.9 Å². The van der Waals surface area contributed by atoms with Crippen LogP contribution in [0.4, 0.5) is 0 Å². The fraction of sp³-hybridized carbons (Fsp3) is 0.500. The average Bonchev–Trinajstić information content (AvgIpc) is 2.36. The molecule has 1 aliphatic rings. The molecule has 1 aromatic carbocycles. The van der Waals surface area contributed by atoms with Crippen LogP contribution in [0.5, 0.6) is 5.75 Å². The van der Waals surface area contributed by atoms with Gasteiger partial charge >= 0.3 is 5.97 Å². The van der Waals surface area contributed by atoms with Crippen LogP contribution in [0.2, 0.25) is 0 Å². The first-order valence-corrected chi connectivity index (χ1v) is 6.03. The van der Waals surface area contributed by atoms with Gasteiger partial charge in [-0.3, -0.25) is 4.79 Å². The highest BCUT2D eigenvalue weighted by Crippen LogP contribution is 2.41. The number of phenols is 1. The molecule has 0 spiro atoms. The summed E-state index contributed by atoms with van der Waals surface area (Å²) in [5.74, 6) is -0.0196. The molecule has 0 bridgehead atoms. The van der Waals surface area contributed by atoms with Crippen LogP contribution in [-0.2, 0) is 16.0 Å². The highest BCUT2D eigenvalue weighted by Gasteiger charge is 2.31. The van der Waals surface area contributed by atoms with E-state index in [4.69, 9.17) is 4.74 Å². The van der Waals surface area contributed by atoms with Crippen LogP contribution in [0.1, 0.15) is 36.8 Å². The zero-order chi connectivity index (χ0) is 12.4. The predicted molar refractivity (Wildman–Crippen MR) is 65.0 cm³/mol. The lowest BCUT2D eigenvalue weighted by atomic mass is 9.76. The third-order valence-corrected chi connectivity index (χ3v) is 3.68. The van der Waals surface area contributed by atoms with Crippen molar-refractivity contribution in [2.75, 3.05) is 7.11 Å². The molecule has 0 aromatic heterocycles. The third-order valence-electron chi connectivity index (χ3n) is 3.68. The molecular formula is C14H18O3. The maximum atomic E-state index is 11.6. The first kappa shape index (κ1) is 12.0. The van der Waals surface area contributed by atoms with Crippen LogP contribution < -0.4 is 0 Å². The van der Waals surface area contributed by atoms with E-state index in [1.54, 1.807) is 6.07 Å². The molecule has 3 heteroatoms. The summed E-state index contributed by atoms with van der Waals surface area (Å²) in [5, 5.41) is 9.98. The summed E-state index contributed by atoms with van der Waals surface area (Å²) in [6, 6.07) is 5.59. The molecule has 0 radical (unpaired) electrons. The van der Waals surface area contributed by atoms with Gasteiger partial charge in [-0.1, -0.05) is 19.1 Å². The zero-order valence-electron chi connectivity index (χ0n) is 10.3. The molecule has 0 saturated carbocycles. The maximum Gasteiger partial charge on any atom is 0.308 e. The van der Waals surface area contributed by atoms with Crippen LogP contribution >= 0.6 is 0 Å². The van der Waals surface area contributed by atoms with Crippen LogP contribution in [0.15, 0.2) is 18.2 Å². The molecule has 0 heterocycles. The van der Waals surface area contributed by atoms with E-state index in [2.05, 4.69) is 0 Å². The Morgan fingerprint density at radius 3 is 3.00 bits per heavy atom. The van der Waals surface area contributed by atoms with E-state index < -0.39 is 0 Å². The highest BCUT2D eigenvalue weighted by atomic mass is 16.5. The number of ether oxygens (including phenoxy) is 1. The van der Waals surface area contributed by atoms with Crippen LogP contribution in [0.3, 0.4) is 0 Å². The van der Waals surface area contributed by atoms with Crippen molar-refractivity contribution >= 4 is 5.97 Å². The Hall–Kier alpha value is -1.51. The van der Waals surface area contributed by atoms with Gasteiger partial charge in [0.05, 0.1) is 13.0 Å². The van der Waals surface area contributed by atoms with Gasteiger partial charge in [0.15, 0.2) is 0 Å². The van der Waals surface area contributed by atoms with Gasteiger partial charge in [0, 0.05) is 11.5 Å². The summed E-state index contributed by atoms with van der Waals surface area (Å²) in [6.45, 7) is 1.87. The Balaban J connectivity index is 2.37. The van der Waals surface area contributed by atoms with E-state index in [0.29, 0.717) is 5.75 Å². The summed E-state index contributed by atoms with van der Waals surface area (Å²) in [5.41, 5.74) is 2.11. The van der Waals surface area contributed by atoms with E-state index in [1.807, 2.05) is 19.1 Å². The second-order valence-corrected chi connectivity index (χ2v) is 4.66. The molecule has 1 aliphatic carbocycles. The number of hydrogen-bond donors (Lipinski definition) is 1. The number of phenolic OH excluding ortho intramolecular Hbond substituents is 1. The molecule has 0 saturated heterocycles. The maximum absolute atomic E-state index is 11.6. The lowest BCUT2D eigenvalue weighted by Crippen LogP contribution is -2.24. The number of benzene rings is 1. The van der Waals surface area contributed by atoms with E-state index >= 15 is 0 Å². The van der Waals surface area contributed by atoms with E-state index in [1.165, 1.54) is 7.11 Å². The Labute approximate surface area is 101 Å². The number of carbonyl (C=O) groups excluding carboxylic acids is 1. The number of esters is 1. The first-order valence-electron chi connectivity index (χ1n) is 6.03. The number of aromatic hydroxyl groups is 1. The summed E-state index contributed by atoms with van der Waals surface area (Å²) in [6.07, 6.45) is 2.97. The zero-order valence-corrected chi connectivity index (χ0v) is 10.3. The minimum atomic E-state index is -0.203. The molecule has 1 N–H and O–H groups in total. The first-order chi connectivity index (χ1) is 8.15. The van der Waals surface area contributed by atoms with Crippen molar-refractivity contribution in [3.05, 3.63) is 29.3 Å². The van der Waals surface area contributed by atoms with Gasteiger partial charge < -0.3 is 9.84 Å². The van der Waals surface area contributed by atoms with Crippen LogP contribution in [0, 0.1) is 5.92 Å². The molecule has 17 heavy (non-hydrogen) atoms. The quantitative estimate of drug-likeness (QED) is 0.800. The Bertz CT molecular complexity index is 425. The van der Waals surface area contributed by atoms with Crippen molar-refractivity contribution < 1.29 is 14.6 Å². The standard InChI is InChI=1S/C14H18O3/c1-9(14(16)17-2)11-7-3-5-10-6-4-8-12(15)13(10)11/h4,6,8-9,11,15H,3,5,7H2,1-2H3. The third kappa shape index (κ3) is 2.14. The molecule has 1 aromatic rings. The minimum Gasteiger partial charge on any atom is -0.508 e. The number of aryl methyl sites for hydroxylation is 1. The van der Waals surface area contributed by atoms with Crippen molar-refractivity contribution in [3.8, 4) is 5.75 Å². The largest absolute Gasteiger partial charge is 0.508 e. The summed E-state index contributed by atoms with van der Waals surface area (Å²) in [4.78, 5) is 11.6. The number of fused-ring (bicyclic) bond motifs is 1. The smallest absolute Gasteiger partial charge is 0.308 e. The fourth-order valence-electron chi connectivity index (χ4n) is 2.75. The van der Waals surface area contributed by atoms with Crippen molar-refractivity contribution in [3.63, 3.8) is 0 Å². The summed E-state index contributed by atoms with van der Waals surface area (Å²) < 4.78 is 4.80. The molecular weight excluding hydrogens is 216 g/mol. The SMILES string of the molecule is COC(=O)C(C)C1CCCc2cccc(O)c21. The Morgan fingerprint density at radius 1 is 1.53 bits per heavy atom. The average molecular weight is 234 g/mol. The molecule has 0 aliphatic heterocycles. The normalized spacial score (nSPS) is 20.5. The fourth-order valence-corrected chi connectivity index (χ4v) is 2.75. The Kier molecular flexibility index (Phi) is 3.36. The summed E-state index contributed by atoms with van der Waals surface area (Å²) >= 11 is 0. The monoisotopic (exact) mass is 234 g/mol. The molecule has 2 rings (SSSR count). The van der Waals surface area contributed by atoms with Crippen LogP contribution in [-0.4, -0.2) is 18.2 Å². The van der Waals surface area contributed by atoms with Crippen molar-refractivity contribution in [2.45, 2.75) is 32.1 Å². The number of carbonyl (C=O) groups is 1. The topological polar surface area (TPSA) is 46.5 Å². The van der Waals surface area contributed by atoms with Gasteiger partial charge in [0.2, 0.25) is 0 Å². The number of hydrogen-bond acceptors (Lipinski definition) is 3. The lowest BCUT2D eigenvalue weighted by molar-refractivity contribution is -0.145. The number of rotatable bonds is 2. The van der Waals surface area contributed by atoms with Crippen molar-refractivity contribution in [1.82, 2.24) is 0 Å². The number of methoxy groups -OCH3 is 1. The van der Waals surface area contributed by atoms with Crippen molar-refractivity contribution in [2.24, 2.45) is 5.92 Å². The van der Waals surface area contributed by atoms with E-state index in [9.17, 15) is 9.90 Å². The molecule has 3 nitrogen and oxygen atoms in total. The van der Waals surface area contributed by atoms with Gasteiger partial charge in [-0.2, -0.15) is 0 Å². The van der Waals surface area contributed by atoms with E-state index in [-0.39, 0.29) is 17.8 Å². The predicted octanol–water partition coefficient (Wildman–Crippen LogP) is 2.62. The minimum absolute atomic E-state index is 0.0763. The Morgan fingerprint density at radius 2 is 2.29 bits per heavy atom. The molecule has 2 unspecified atom stereocenters. The van der Waals surface area contributed by atoms with Gasteiger partial charge in [-0.25, -0.2) is 0 Å². The molecule has 0 fully saturated rings. The van der Waals surface area contributed by atoms with Crippen molar-refractivity contribution in [1.29, 1.82) is 0 Å². The van der Waals surface area contributed by atoms with Gasteiger partial charge in [0.25, 0.3) is 0 Å². The lowest BCUT2D eigenvalue weighted by Gasteiger charge is -2.29. The van der Waals surface area contributed by atoms with Gasteiger partial charge in [0.1, 0.15) is 5.75 Å². The second kappa shape index (κ2) is 4.78. The summed E-state index contributed by atoms with van der Waals surface area (Å²) in [7, 11) is 1.41.